The van der Waals surface area contributed by atoms with Crippen LogP contribution in [0.4, 0.5) is 0 Å². The molecule has 1 aliphatic rings. The summed E-state index contributed by atoms with van der Waals surface area (Å²) >= 11 is 0. The van der Waals surface area contributed by atoms with Gasteiger partial charge in [0.1, 0.15) is 35.7 Å². The van der Waals surface area contributed by atoms with Gasteiger partial charge in [0.25, 0.3) is 0 Å². The van der Waals surface area contributed by atoms with Crippen molar-refractivity contribution in [3.8, 4) is 40.1 Å². The maximum atomic E-state index is 12.8. The molecule has 2 heterocycles. The second kappa shape index (κ2) is 9.60. The van der Waals surface area contributed by atoms with Crippen LogP contribution in [0.2, 0.25) is 0 Å². The number of rotatable bonds is 6. The Balaban J connectivity index is 1.75. The standard InChI is InChI=1S/C23H24O12/c1-31-13-5-9(6-14(32-2)17(13)26)22-20(29)16(25)11-4-3-10(7-12(11)34-22)33-23-21(30)19(28)18(27)15(8-24)35-23/h3-7,15,18-19,21,23-24,26-30H,8H2,1-2H3/t15-,18-,19+,21-,23-/m1/s1. The maximum Gasteiger partial charge on any atom is 0.235 e. The molecule has 0 spiro atoms. The van der Waals surface area contributed by atoms with Crippen molar-refractivity contribution in [2.75, 3.05) is 20.8 Å². The van der Waals surface area contributed by atoms with E-state index in [4.69, 9.17) is 23.4 Å². The minimum absolute atomic E-state index is 0.00380. The van der Waals surface area contributed by atoms with Crippen LogP contribution in [0.15, 0.2) is 39.5 Å². The molecule has 0 saturated carbocycles. The zero-order chi connectivity index (χ0) is 25.4. The Morgan fingerprint density at radius 1 is 0.914 bits per heavy atom. The van der Waals surface area contributed by atoms with Crippen molar-refractivity contribution in [3.05, 3.63) is 40.6 Å². The summed E-state index contributed by atoms with van der Waals surface area (Å²) in [4.78, 5) is 12.8. The van der Waals surface area contributed by atoms with Gasteiger partial charge in [-0.2, -0.15) is 0 Å². The van der Waals surface area contributed by atoms with Crippen molar-refractivity contribution in [1.29, 1.82) is 0 Å². The van der Waals surface area contributed by atoms with Gasteiger partial charge in [-0.15, -0.1) is 0 Å². The van der Waals surface area contributed by atoms with E-state index in [0.29, 0.717) is 0 Å². The third kappa shape index (κ3) is 4.33. The minimum atomic E-state index is -1.64. The molecule has 188 valence electrons. The number of methoxy groups -OCH3 is 2. The number of hydrogen-bond acceptors (Lipinski definition) is 12. The third-order valence-electron chi connectivity index (χ3n) is 5.68. The summed E-state index contributed by atoms with van der Waals surface area (Å²) in [7, 11) is 2.63. The lowest BCUT2D eigenvalue weighted by atomic mass is 9.99. The van der Waals surface area contributed by atoms with Gasteiger partial charge < -0.3 is 54.0 Å². The lowest BCUT2D eigenvalue weighted by Crippen LogP contribution is -2.60. The van der Waals surface area contributed by atoms with Crippen molar-refractivity contribution in [2.24, 2.45) is 0 Å². The molecule has 12 heteroatoms. The van der Waals surface area contributed by atoms with Crippen molar-refractivity contribution in [1.82, 2.24) is 0 Å². The van der Waals surface area contributed by atoms with Gasteiger partial charge in [0.15, 0.2) is 17.3 Å². The number of benzene rings is 2. The smallest absolute Gasteiger partial charge is 0.235 e. The summed E-state index contributed by atoms with van der Waals surface area (Å²) in [5.41, 5.74) is -0.573. The van der Waals surface area contributed by atoms with Crippen molar-refractivity contribution >= 4 is 11.0 Å². The van der Waals surface area contributed by atoms with Crippen molar-refractivity contribution in [3.63, 3.8) is 0 Å². The monoisotopic (exact) mass is 492 g/mol. The fourth-order valence-electron chi connectivity index (χ4n) is 3.76. The van der Waals surface area contributed by atoms with Crippen molar-refractivity contribution in [2.45, 2.75) is 30.7 Å². The summed E-state index contributed by atoms with van der Waals surface area (Å²) < 4.78 is 26.9. The molecule has 4 rings (SSSR count). The average molecular weight is 492 g/mol. The van der Waals surface area contributed by atoms with Crippen molar-refractivity contribution < 1.29 is 54.0 Å². The fraction of sp³-hybridized carbons (Fsp3) is 0.348. The molecular formula is C23H24O12. The number of ether oxygens (including phenoxy) is 4. The first kappa shape index (κ1) is 24.6. The zero-order valence-corrected chi connectivity index (χ0v) is 18.6. The maximum absolute atomic E-state index is 12.8. The number of phenolic OH excluding ortho intramolecular Hbond substituents is 1. The highest BCUT2D eigenvalue weighted by Gasteiger charge is 2.44. The van der Waals surface area contributed by atoms with Gasteiger partial charge in [-0.05, 0) is 24.3 Å². The van der Waals surface area contributed by atoms with E-state index in [9.17, 15) is 35.4 Å². The second-order valence-electron chi connectivity index (χ2n) is 7.81. The first-order chi connectivity index (χ1) is 16.7. The van der Waals surface area contributed by atoms with Crippen LogP contribution in [0.25, 0.3) is 22.3 Å². The van der Waals surface area contributed by atoms with Gasteiger partial charge in [0.05, 0.1) is 26.2 Å². The summed E-state index contributed by atoms with van der Waals surface area (Å²) in [6.45, 7) is -0.625. The molecule has 3 aromatic rings. The predicted octanol–water partition coefficient (Wildman–Crippen LogP) is 0.0671. The molecular weight excluding hydrogens is 468 g/mol. The minimum Gasteiger partial charge on any atom is -0.502 e. The number of aliphatic hydroxyl groups is 4. The van der Waals surface area contributed by atoms with Gasteiger partial charge in [-0.3, -0.25) is 4.79 Å². The van der Waals surface area contributed by atoms with Crippen LogP contribution < -0.4 is 19.6 Å². The van der Waals surface area contributed by atoms with Gasteiger partial charge in [-0.1, -0.05) is 0 Å². The molecule has 0 aliphatic carbocycles. The summed E-state index contributed by atoms with van der Waals surface area (Å²) in [5, 5.41) is 60.1. The molecule has 35 heavy (non-hydrogen) atoms. The molecule has 1 aliphatic heterocycles. The molecule has 1 aromatic heterocycles. The number of fused-ring (bicyclic) bond motifs is 1. The van der Waals surface area contributed by atoms with Gasteiger partial charge in [0.2, 0.25) is 23.2 Å². The molecule has 1 saturated heterocycles. The number of aromatic hydroxyl groups is 2. The molecule has 0 amide bonds. The molecule has 0 bridgehead atoms. The molecule has 12 nitrogen and oxygen atoms in total. The average Bonchev–Trinajstić information content (AvgIpc) is 2.86. The quantitative estimate of drug-likeness (QED) is 0.272. The molecule has 5 atom stereocenters. The second-order valence-corrected chi connectivity index (χ2v) is 7.81. The van der Waals surface area contributed by atoms with Crippen LogP contribution in [0.1, 0.15) is 0 Å². The van der Waals surface area contributed by atoms with E-state index < -0.39 is 48.5 Å². The summed E-state index contributed by atoms with van der Waals surface area (Å²) in [6, 6.07) is 6.66. The molecule has 1 fully saturated rings. The Hall–Kier alpha value is -3.55. The van der Waals surface area contributed by atoms with E-state index in [1.54, 1.807) is 0 Å². The van der Waals surface area contributed by atoms with Crippen LogP contribution in [-0.2, 0) is 4.74 Å². The van der Waals surface area contributed by atoms with Gasteiger partial charge in [-0.25, -0.2) is 0 Å². The summed E-state index contributed by atoms with van der Waals surface area (Å²) in [5.74, 6) is -1.11. The summed E-state index contributed by atoms with van der Waals surface area (Å²) in [6.07, 6.45) is -7.43. The van der Waals surface area contributed by atoms with Crippen LogP contribution >= 0.6 is 0 Å². The topological polar surface area (TPSA) is 189 Å². The van der Waals surface area contributed by atoms with Gasteiger partial charge >= 0.3 is 0 Å². The highest BCUT2D eigenvalue weighted by atomic mass is 16.7. The van der Waals surface area contributed by atoms with E-state index in [1.807, 2.05) is 0 Å². The molecule has 6 N–H and O–H groups in total. The van der Waals surface area contributed by atoms with E-state index >= 15 is 0 Å². The van der Waals surface area contributed by atoms with E-state index in [1.165, 1.54) is 44.6 Å². The highest BCUT2D eigenvalue weighted by Crippen LogP contribution is 2.42. The van der Waals surface area contributed by atoms with E-state index in [2.05, 4.69) is 0 Å². The SMILES string of the molecule is COc1cc(-c2oc3cc(O[C@@H]4O[C@H](CO)[C@@H](O)[C@H](O)[C@H]4O)ccc3c(=O)c2O)cc(OC)c1O. The normalized spacial score (nSPS) is 24.3. The van der Waals surface area contributed by atoms with E-state index in [0.717, 1.165) is 0 Å². The van der Waals surface area contributed by atoms with Crippen LogP contribution in [-0.4, -0.2) is 82.2 Å². The van der Waals surface area contributed by atoms with Crippen LogP contribution in [0, 0.1) is 0 Å². The molecule has 2 aromatic carbocycles. The molecule has 0 radical (unpaired) electrons. The Bertz CT molecular complexity index is 1260. The fourth-order valence-corrected chi connectivity index (χ4v) is 3.76. The predicted molar refractivity (Wildman–Crippen MR) is 119 cm³/mol. The Kier molecular flexibility index (Phi) is 6.74. The first-order valence-electron chi connectivity index (χ1n) is 10.4. The number of hydrogen-bond donors (Lipinski definition) is 6. The Morgan fingerprint density at radius 2 is 1.57 bits per heavy atom. The number of aliphatic hydroxyl groups excluding tert-OH is 4. The van der Waals surface area contributed by atoms with E-state index in [-0.39, 0.29) is 45.3 Å². The Morgan fingerprint density at radius 3 is 2.17 bits per heavy atom. The third-order valence-corrected chi connectivity index (χ3v) is 5.68. The number of phenols is 1. The van der Waals surface area contributed by atoms with Gasteiger partial charge in [0, 0.05) is 11.6 Å². The Labute approximate surface area is 197 Å². The zero-order valence-electron chi connectivity index (χ0n) is 18.6. The largest absolute Gasteiger partial charge is 0.502 e. The lowest BCUT2D eigenvalue weighted by Gasteiger charge is -2.39. The highest BCUT2D eigenvalue weighted by molar-refractivity contribution is 5.83. The van der Waals surface area contributed by atoms with Crippen LogP contribution in [0.5, 0.6) is 28.7 Å². The lowest BCUT2D eigenvalue weighted by molar-refractivity contribution is -0.277. The molecule has 0 unspecified atom stereocenters. The van der Waals surface area contributed by atoms with Crippen LogP contribution in [0.3, 0.4) is 0 Å². The first-order valence-corrected chi connectivity index (χ1v) is 10.4.